The second-order valence-corrected chi connectivity index (χ2v) is 8.67. The fraction of sp³-hybridized carbons (Fsp3) is 0.737. The van der Waals surface area contributed by atoms with Gasteiger partial charge in [-0.15, -0.1) is 11.3 Å². The fourth-order valence-electron chi connectivity index (χ4n) is 2.87. The Labute approximate surface area is 166 Å². The number of aromatic nitrogens is 1. The number of thiazole rings is 1. The van der Waals surface area contributed by atoms with E-state index in [1.807, 2.05) is 6.92 Å². The highest BCUT2D eigenvalue weighted by atomic mass is 32.1. The maximum Gasteiger partial charge on any atom is 0.409 e. The predicted molar refractivity (Wildman–Crippen MR) is 111 cm³/mol. The van der Waals surface area contributed by atoms with E-state index < -0.39 is 0 Å². The highest BCUT2D eigenvalue weighted by Crippen LogP contribution is 2.23. The summed E-state index contributed by atoms with van der Waals surface area (Å²) in [5.74, 6) is 0.803. The van der Waals surface area contributed by atoms with E-state index in [2.05, 4.69) is 41.8 Å². The Bertz CT molecular complexity index is 630. The zero-order valence-corrected chi connectivity index (χ0v) is 18.0. The Balaban J connectivity index is 1.72. The monoisotopic (exact) mass is 395 g/mol. The van der Waals surface area contributed by atoms with E-state index in [0.29, 0.717) is 25.7 Å². The average Bonchev–Trinajstić information content (AvgIpc) is 3.11. The largest absolute Gasteiger partial charge is 0.450 e. The van der Waals surface area contributed by atoms with Crippen molar-refractivity contribution in [3.8, 4) is 0 Å². The number of ether oxygens (including phenoxy) is 1. The molecule has 152 valence electrons. The van der Waals surface area contributed by atoms with Crippen LogP contribution in [0.4, 0.5) is 4.79 Å². The van der Waals surface area contributed by atoms with E-state index in [0.717, 1.165) is 42.5 Å². The van der Waals surface area contributed by atoms with Crippen LogP contribution in [0, 0.1) is 0 Å². The molecule has 0 aromatic carbocycles. The maximum atomic E-state index is 11.8. The van der Waals surface area contributed by atoms with Crippen molar-refractivity contribution in [2.24, 2.45) is 4.99 Å². The minimum absolute atomic E-state index is 0.0954. The molecule has 7 nitrogen and oxygen atoms in total. The molecule has 1 saturated heterocycles. The number of amides is 1. The van der Waals surface area contributed by atoms with Crippen LogP contribution in [0.3, 0.4) is 0 Å². The van der Waals surface area contributed by atoms with Gasteiger partial charge in [-0.1, -0.05) is 20.8 Å². The van der Waals surface area contributed by atoms with Gasteiger partial charge in [0.1, 0.15) is 0 Å². The van der Waals surface area contributed by atoms with E-state index >= 15 is 0 Å². The second-order valence-electron chi connectivity index (χ2n) is 7.73. The molecule has 1 fully saturated rings. The van der Waals surface area contributed by atoms with E-state index in [1.165, 1.54) is 0 Å². The Morgan fingerprint density at radius 2 is 2.11 bits per heavy atom. The highest BCUT2D eigenvalue weighted by Gasteiger charge is 2.24. The maximum absolute atomic E-state index is 11.8. The zero-order chi connectivity index (χ0) is 19.9. The van der Waals surface area contributed by atoms with Crippen LogP contribution in [0.2, 0.25) is 0 Å². The summed E-state index contributed by atoms with van der Waals surface area (Å²) in [4.78, 5) is 22.6. The molecule has 0 bridgehead atoms. The third kappa shape index (κ3) is 6.68. The van der Waals surface area contributed by atoms with Gasteiger partial charge in [0, 0.05) is 49.9 Å². The van der Waals surface area contributed by atoms with Gasteiger partial charge in [-0.2, -0.15) is 0 Å². The first-order valence-electron chi connectivity index (χ1n) is 9.67. The molecule has 1 aromatic rings. The van der Waals surface area contributed by atoms with Gasteiger partial charge in [-0.25, -0.2) is 9.78 Å². The predicted octanol–water partition coefficient (Wildman–Crippen LogP) is 2.77. The molecule has 2 N–H and O–H groups in total. The summed E-state index contributed by atoms with van der Waals surface area (Å²) in [6.07, 6.45) is 2.45. The molecule has 0 aliphatic carbocycles. The number of rotatable bonds is 5. The minimum atomic E-state index is -0.212. The summed E-state index contributed by atoms with van der Waals surface area (Å²) < 4.78 is 5.06. The van der Waals surface area contributed by atoms with Gasteiger partial charge in [0.05, 0.1) is 17.3 Å². The van der Waals surface area contributed by atoms with Crippen molar-refractivity contribution < 1.29 is 9.53 Å². The molecule has 27 heavy (non-hydrogen) atoms. The summed E-state index contributed by atoms with van der Waals surface area (Å²) in [5.41, 5.74) is 1.25. The molecule has 1 amide bonds. The summed E-state index contributed by atoms with van der Waals surface area (Å²) in [7, 11) is 1.78. The zero-order valence-electron chi connectivity index (χ0n) is 17.2. The summed E-state index contributed by atoms with van der Waals surface area (Å²) >= 11 is 1.72. The normalized spacial score (nSPS) is 16.3. The van der Waals surface area contributed by atoms with Gasteiger partial charge in [-0.05, 0) is 19.8 Å². The number of nitrogens with zero attached hydrogens (tertiary/aromatic N) is 3. The van der Waals surface area contributed by atoms with Crippen LogP contribution in [0.5, 0.6) is 0 Å². The lowest BCUT2D eigenvalue weighted by Gasteiger charge is -2.32. The first-order valence-corrected chi connectivity index (χ1v) is 10.5. The topological polar surface area (TPSA) is 78.8 Å². The molecule has 1 aromatic heterocycles. The summed E-state index contributed by atoms with van der Waals surface area (Å²) in [6.45, 7) is 11.0. The number of nitrogens with one attached hydrogen (secondary N) is 2. The molecule has 0 radical (unpaired) electrons. The fourth-order valence-corrected chi connectivity index (χ4v) is 3.89. The quantitative estimate of drug-likeness (QED) is 0.592. The molecular formula is C19H33N5O2S. The van der Waals surface area contributed by atoms with Crippen LogP contribution in [0.15, 0.2) is 10.4 Å². The van der Waals surface area contributed by atoms with E-state index in [9.17, 15) is 4.79 Å². The van der Waals surface area contributed by atoms with Crippen LogP contribution >= 0.6 is 11.3 Å². The van der Waals surface area contributed by atoms with Crippen molar-refractivity contribution in [3.63, 3.8) is 0 Å². The van der Waals surface area contributed by atoms with E-state index in [4.69, 9.17) is 9.72 Å². The summed E-state index contributed by atoms with van der Waals surface area (Å²) in [6, 6.07) is 0.314. The van der Waals surface area contributed by atoms with Crippen LogP contribution in [0.1, 0.15) is 51.2 Å². The molecule has 1 aliphatic heterocycles. The molecular weight excluding hydrogens is 362 g/mol. The van der Waals surface area contributed by atoms with Gasteiger partial charge in [0.2, 0.25) is 0 Å². The SMILES string of the molecule is CCOC(=O)N1CCC(NC(=NC)NCCc2nc(C(C)(C)C)cs2)CC1. The van der Waals surface area contributed by atoms with Gasteiger partial charge in [-0.3, -0.25) is 4.99 Å². The Kier molecular flexibility index (Phi) is 7.89. The van der Waals surface area contributed by atoms with Crippen molar-refractivity contribution in [2.45, 2.75) is 58.4 Å². The van der Waals surface area contributed by atoms with Crippen LogP contribution in [0.25, 0.3) is 0 Å². The number of hydrogen-bond acceptors (Lipinski definition) is 5. The third-order valence-electron chi connectivity index (χ3n) is 4.54. The molecule has 2 heterocycles. The van der Waals surface area contributed by atoms with Gasteiger partial charge >= 0.3 is 6.09 Å². The third-order valence-corrected chi connectivity index (χ3v) is 5.45. The minimum Gasteiger partial charge on any atom is -0.450 e. The Hall–Kier alpha value is -1.83. The van der Waals surface area contributed by atoms with Crippen LogP contribution < -0.4 is 10.6 Å². The lowest BCUT2D eigenvalue weighted by molar-refractivity contribution is 0.0963. The van der Waals surface area contributed by atoms with Crippen LogP contribution in [-0.4, -0.2) is 61.3 Å². The second kappa shape index (κ2) is 9.92. The number of piperidine rings is 1. The molecule has 0 unspecified atom stereocenters. The van der Waals surface area contributed by atoms with Crippen molar-refractivity contribution in [2.75, 3.05) is 33.3 Å². The van der Waals surface area contributed by atoms with Crippen molar-refractivity contribution >= 4 is 23.4 Å². The highest BCUT2D eigenvalue weighted by molar-refractivity contribution is 7.09. The number of carbonyl (C=O) groups excluding carboxylic acids is 1. The lowest BCUT2D eigenvalue weighted by Crippen LogP contribution is -2.50. The molecule has 0 atom stereocenters. The Morgan fingerprint density at radius 1 is 1.41 bits per heavy atom. The number of aliphatic imine (C=N–C) groups is 1. The Morgan fingerprint density at radius 3 is 2.67 bits per heavy atom. The molecule has 8 heteroatoms. The first kappa shape index (κ1) is 21.5. The lowest BCUT2D eigenvalue weighted by atomic mass is 9.93. The number of carbonyl (C=O) groups is 1. The van der Waals surface area contributed by atoms with Crippen molar-refractivity contribution in [1.29, 1.82) is 0 Å². The number of likely N-dealkylation sites (tertiary alicyclic amines) is 1. The molecule has 2 rings (SSSR count). The molecule has 1 aliphatic rings. The standard InChI is InChI=1S/C19H33N5O2S/c1-6-26-18(25)24-11-8-14(9-12-24)22-17(20-5)21-10-7-16-23-15(13-27-16)19(2,3)4/h13-14H,6-12H2,1-5H3,(H2,20,21,22). The van der Waals surface area contributed by atoms with Crippen LogP contribution in [-0.2, 0) is 16.6 Å². The van der Waals surface area contributed by atoms with Gasteiger partial charge < -0.3 is 20.3 Å². The van der Waals surface area contributed by atoms with E-state index in [1.54, 1.807) is 23.3 Å². The van der Waals surface area contributed by atoms with Gasteiger partial charge in [0.15, 0.2) is 5.96 Å². The smallest absolute Gasteiger partial charge is 0.409 e. The summed E-state index contributed by atoms with van der Waals surface area (Å²) in [5, 5.41) is 10.1. The number of guanidine groups is 1. The first-order chi connectivity index (χ1) is 12.8. The van der Waals surface area contributed by atoms with Gasteiger partial charge in [0.25, 0.3) is 0 Å². The van der Waals surface area contributed by atoms with Crippen molar-refractivity contribution in [3.05, 3.63) is 16.1 Å². The molecule has 0 saturated carbocycles. The average molecular weight is 396 g/mol. The van der Waals surface area contributed by atoms with E-state index in [-0.39, 0.29) is 11.5 Å². The number of hydrogen-bond donors (Lipinski definition) is 2. The molecule has 0 spiro atoms. The van der Waals surface area contributed by atoms with Crippen molar-refractivity contribution in [1.82, 2.24) is 20.5 Å².